The molecular formula is C25H26N4O3. The lowest BCUT2D eigenvalue weighted by Crippen LogP contribution is -2.22. The highest BCUT2D eigenvalue weighted by molar-refractivity contribution is 5.98. The van der Waals surface area contributed by atoms with Crippen molar-refractivity contribution < 1.29 is 14.4 Å². The van der Waals surface area contributed by atoms with Crippen LogP contribution in [0.5, 0.6) is 0 Å². The van der Waals surface area contributed by atoms with Crippen LogP contribution in [0.4, 0.5) is 17.1 Å². The van der Waals surface area contributed by atoms with Gasteiger partial charge in [-0.1, -0.05) is 36.4 Å². The topological polar surface area (TPSA) is 99.3 Å². The van der Waals surface area contributed by atoms with Crippen molar-refractivity contribution in [2.24, 2.45) is 0 Å². The zero-order valence-corrected chi connectivity index (χ0v) is 17.9. The maximum Gasteiger partial charge on any atom is 0.251 e. The molecule has 0 bridgehead atoms. The predicted octanol–water partition coefficient (Wildman–Crippen LogP) is 3.67. The Balaban J connectivity index is 1.43. The molecule has 3 amide bonds. The fourth-order valence-corrected chi connectivity index (χ4v) is 3.07. The Morgan fingerprint density at radius 1 is 0.719 bits per heavy atom. The molecule has 0 aliphatic rings. The third-order valence-electron chi connectivity index (χ3n) is 4.74. The first-order valence-corrected chi connectivity index (χ1v) is 10.3. The van der Waals surface area contributed by atoms with Gasteiger partial charge in [0.1, 0.15) is 0 Å². The van der Waals surface area contributed by atoms with Crippen LogP contribution in [0.3, 0.4) is 0 Å². The Bertz CT molecular complexity index is 1070. The molecule has 0 saturated carbocycles. The molecule has 7 heteroatoms. The zero-order chi connectivity index (χ0) is 22.8. The second kappa shape index (κ2) is 11.3. The molecule has 0 saturated heterocycles. The van der Waals surface area contributed by atoms with Crippen molar-refractivity contribution in [3.05, 3.63) is 90.0 Å². The predicted molar refractivity (Wildman–Crippen MR) is 127 cm³/mol. The van der Waals surface area contributed by atoms with Crippen LogP contribution in [-0.2, 0) is 16.0 Å². The van der Waals surface area contributed by atoms with Crippen LogP contribution >= 0.6 is 0 Å². The molecule has 0 unspecified atom stereocenters. The first-order chi connectivity index (χ1) is 15.5. The summed E-state index contributed by atoms with van der Waals surface area (Å²) in [5.74, 6) is -0.503. The largest absolute Gasteiger partial charge is 0.376 e. The number of rotatable bonds is 9. The van der Waals surface area contributed by atoms with E-state index in [2.05, 4.69) is 21.3 Å². The fourth-order valence-electron chi connectivity index (χ4n) is 3.07. The maximum absolute atomic E-state index is 12.2. The Morgan fingerprint density at radius 2 is 1.41 bits per heavy atom. The van der Waals surface area contributed by atoms with Crippen LogP contribution in [0, 0.1) is 0 Å². The number of aryl methyl sites for hydroxylation is 1. The number of anilines is 3. The van der Waals surface area contributed by atoms with Gasteiger partial charge in [0.2, 0.25) is 11.8 Å². The Hall–Kier alpha value is -4.13. The first kappa shape index (κ1) is 22.6. The van der Waals surface area contributed by atoms with Crippen LogP contribution < -0.4 is 21.3 Å². The molecule has 0 aliphatic carbocycles. The minimum Gasteiger partial charge on any atom is -0.376 e. The van der Waals surface area contributed by atoms with E-state index >= 15 is 0 Å². The third-order valence-corrected chi connectivity index (χ3v) is 4.74. The lowest BCUT2D eigenvalue weighted by atomic mass is 10.1. The van der Waals surface area contributed by atoms with Crippen molar-refractivity contribution in [1.29, 1.82) is 0 Å². The second-order valence-corrected chi connectivity index (χ2v) is 7.17. The average Bonchev–Trinajstić information content (AvgIpc) is 2.82. The summed E-state index contributed by atoms with van der Waals surface area (Å²) in [6.07, 6.45) is 1.10. The lowest BCUT2D eigenvalue weighted by molar-refractivity contribution is -0.116. The van der Waals surface area contributed by atoms with E-state index in [-0.39, 0.29) is 24.3 Å². The molecule has 3 aromatic rings. The molecule has 7 nitrogen and oxygen atoms in total. The van der Waals surface area contributed by atoms with Crippen LogP contribution in [-0.4, -0.2) is 31.3 Å². The molecule has 0 fully saturated rings. The van der Waals surface area contributed by atoms with Gasteiger partial charge < -0.3 is 21.3 Å². The van der Waals surface area contributed by atoms with Gasteiger partial charge in [0.25, 0.3) is 5.91 Å². The lowest BCUT2D eigenvalue weighted by Gasteiger charge is -2.10. The van der Waals surface area contributed by atoms with Crippen LogP contribution in [0.15, 0.2) is 78.9 Å². The average molecular weight is 431 g/mol. The minimum atomic E-state index is -0.239. The van der Waals surface area contributed by atoms with Gasteiger partial charge in [-0.15, -0.1) is 0 Å². The van der Waals surface area contributed by atoms with Crippen molar-refractivity contribution in [2.75, 3.05) is 29.5 Å². The van der Waals surface area contributed by atoms with Gasteiger partial charge in [0, 0.05) is 36.1 Å². The summed E-state index contributed by atoms with van der Waals surface area (Å²) < 4.78 is 0. The monoisotopic (exact) mass is 430 g/mol. The molecule has 0 aromatic heterocycles. The second-order valence-electron chi connectivity index (χ2n) is 7.17. The summed E-state index contributed by atoms with van der Waals surface area (Å²) in [5.41, 5.74) is 3.59. The van der Waals surface area contributed by atoms with Crippen molar-refractivity contribution in [1.82, 2.24) is 5.32 Å². The van der Waals surface area contributed by atoms with E-state index in [1.807, 2.05) is 30.3 Å². The van der Waals surface area contributed by atoms with E-state index < -0.39 is 0 Å². The van der Waals surface area contributed by atoms with Gasteiger partial charge in [-0.05, 0) is 54.4 Å². The minimum absolute atomic E-state index is 0.0482. The summed E-state index contributed by atoms with van der Waals surface area (Å²) in [4.78, 5) is 36.0. The van der Waals surface area contributed by atoms with E-state index in [0.29, 0.717) is 29.8 Å². The highest BCUT2D eigenvalue weighted by Gasteiger charge is 2.07. The number of hydrogen-bond acceptors (Lipinski definition) is 4. The standard InChI is InChI=1S/C25H26N4O3/c1-26-25(32)19-8-5-9-22(16-19)29-24(31)17-27-20-11-13-21(14-12-20)28-23(30)15-10-18-6-3-2-4-7-18/h2-9,11-14,16,27H,10,15,17H2,1H3,(H,26,32)(H,28,30)(H,29,31). The van der Waals surface area contributed by atoms with Crippen LogP contribution in [0.2, 0.25) is 0 Å². The number of nitrogens with one attached hydrogen (secondary N) is 4. The van der Waals surface area contributed by atoms with Crippen molar-refractivity contribution >= 4 is 34.8 Å². The number of amides is 3. The van der Waals surface area contributed by atoms with Gasteiger partial charge in [-0.3, -0.25) is 14.4 Å². The van der Waals surface area contributed by atoms with Crippen LogP contribution in [0.1, 0.15) is 22.3 Å². The third kappa shape index (κ3) is 6.98. The zero-order valence-electron chi connectivity index (χ0n) is 17.9. The van der Waals surface area contributed by atoms with E-state index in [0.717, 1.165) is 11.3 Å². The summed E-state index contributed by atoms with van der Waals surface area (Å²) in [6, 6.07) is 23.8. The molecule has 32 heavy (non-hydrogen) atoms. The van der Waals surface area contributed by atoms with E-state index in [9.17, 15) is 14.4 Å². The Kier molecular flexibility index (Phi) is 7.97. The Labute approximate surface area is 187 Å². The molecule has 164 valence electrons. The molecule has 3 aromatic carbocycles. The maximum atomic E-state index is 12.2. The molecular weight excluding hydrogens is 404 g/mol. The van der Waals surface area contributed by atoms with Crippen molar-refractivity contribution in [3.63, 3.8) is 0 Å². The van der Waals surface area contributed by atoms with Crippen molar-refractivity contribution in [3.8, 4) is 0 Å². The van der Waals surface area contributed by atoms with Gasteiger partial charge in [0.05, 0.1) is 6.54 Å². The number of hydrogen-bond donors (Lipinski definition) is 4. The highest BCUT2D eigenvalue weighted by Crippen LogP contribution is 2.15. The van der Waals surface area contributed by atoms with Gasteiger partial charge >= 0.3 is 0 Å². The molecule has 0 radical (unpaired) electrons. The quantitative estimate of drug-likeness (QED) is 0.416. The molecule has 0 spiro atoms. The first-order valence-electron chi connectivity index (χ1n) is 10.3. The summed E-state index contributed by atoms with van der Waals surface area (Å²) in [5, 5.41) is 11.2. The molecule has 3 rings (SSSR count). The smallest absolute Gasteiger partial charge is 0.251 e. The van der Waals surface area contributed by atoms with Gasteiger partial charge in [0.15, 0.2) is 0 Å². The number of carbonyl (C=O) groups excluding carboxylic acids is 3. The molecule has 0 heterocycles. The fraction of sp³-hybridized carbons (Fsp3) is 0.160. The molecule has 0 atom stereocenters. The van der Waals surface area contributed by atoms with Crippen molar-refractivity contribution in [2.45, 2.75) is 12.8 Å². The van der Waals surface area contributed by atoms with E-state index in [1.54, 1.807) is 55.6 Å². The van der Waals surface area contributed by atoms with E-state index in [4.69, 9.17) is 0 Å². The van der Waals surface area contributed by atoms with E-state index in [1.165, 1.54) is 0 Å². The van der Waals surface area contributed by atoms with Gasteiger partial charge in [-0.2, -0.15) is 0 Å². The number of carbonyl (C=O) groups is 3. The van der Waals surface area contributed by atoms with Crippen LogP contribution in [0.25, 0.3) is 0 Å². The highest BCUT2D eigenvalue weighted by atomic mass is 16.2. The SMILES string of the molecule is CNC(=O)c1cccc(NC(=O)CNc2ccc(NC(=O)CCc3ccccc3)cc2)c1. The summed E-state index contributed by atoms with van der Waals surface area (Å²) in [6.45, 7) is 0.0625. The summed E-state index contributed by atoms with van der Waals surface area (Å²) in [7, 11) is 1.55. The molecule has 4 N–H and O–H groups in total. The van der Waals surface area contributed by atoms with Gasteiger partial charge in [-0.25, -0.2) is 0 Å². The number of benzene rings is 3. The normalized spacial score (nSPS) is 10.2. The summed E-state index contributed by atoms with van der Waals surface area (Å²) >= 11 is 0. The Morgan fingerprint density at radius 3 is 2.12 bits per heavy atom. The molecule has 0 aliphatic heterocycles.